The van der Waals surface area contributed by atoms with Gasteiger partial charge in [-0.25, -0.2) is 4.79 Å². The summed E-state index contributed by atoms with van der Waals surface area (Å²) in [7, 11) is 7.93. The van der Waals surface area contributed by atoms with Crippen LogP contribution < -0.4 is 10.1 Å². The standard InChI is InChI=1S/C23H34N4O2/c1-25(2)13-14-27(21-9-11-26(3)12-10-21)23(28)24-17-18-5-6-20-16-22(29-4)8-7-19(20)15-18/h5-8,15-16,21H,9-14,17H2,1-4H3,(H,24,28). The van der Waals surface area contributed by atoms with Gasteiger partial charge in [-0.1, -0.05) is 18.2 Å². The molecule has 0 aromatic heterocycles. The number of carbonyl (C=O) groups is 1. The number of likely N-dealkylation sites (tertiary alicyclic amines) is 1. The van der Waals surface area contributed by atoms with Gasteiger partial charge in [0.15, 0.2) is 0 Å². The van der Waals surface area contributed by atoms with Crippen molar-refractivity contribution in [2.24, 2.45) is 0 Å². The van der Waals surface area contributed by atoms with Crippen molar-refractivity contribution in [3.05, 3.63) is 42.0 Å². The molecule has 1 fully saturated rings. The Morgan fingerprint density at radius 1 is 1.10 bits per heavy atom. The van der Waals surface area contributed by atoms with Crippen LogP contribution in [0.2, 0.25) is 0 Å². The molecule has 3 rings (SSSR count). The summed E-state index contributed by atoms with van der Waals surface area (Å²) < 4.78 is 5.29. The summed E-state index contributed by atoms with van der Waals surface area (Å²) in [6, 6.07) is 12.7. The van der Waals surface area contributed by atoms with E-state index in [0.717, 1.165) is 61.1 Å². The molecule has 1 saturated heterocycles. The molecule has 6 nitrogen and oxygen atoms in total. The molecule has 29 heavy (non-hydrogen) atoms. The van der Waals surface area contributed by atoms with Crippen molar-refractivity contribution in [1.82, 2.24) is 20.0 Å². The average molecular weight is 399 g/mol. The first-order chi connectivity index (χ1) is 14.0. The van der Waals surface area contributed by atoms with Crippen LogP contribution in [0.3, 0.4) is 0 Å². The van der Waals surface area contributed by atoms with Crippen molar-refractivity contribution < 1.29 is 9.53 Å². The average Bonchev–Trinajstić information content (AvgIpc) is 2.72. The van der Waals surface area contributed by atoms with E-state index < -0.39 is 0 Å². The second-order valence-electron chi connectivity index (χ2n) is 8.24. The molecule has 1 aliphatic heterocycles. The SMILES string of the molecule is COc1ccc2cc(CNC(=O)N(CCN(C)C)C3CCN(C)CC3)ccc2c1. The number of fused-ring (bicyclic) bond motifs is 1. The number of methoxy groups -OCH3 is 1. The first-order valence-electron chi connectivity index (χ1n) is 10.4. The summed E-state index contributed by atoms with van der Waals surface area (Å²) in [6.45, 7) is 4.25. The fourth-order valence-electron chi connectivity index (χ4n) is 3.85. The fraction of sp³-hybridized carbons (Fsp3) is 0.522. The first kappa shape index (κ1) is 21.4. The molecule has 2 amide bonds. The van der Waals surface area contributed by atoms with Crippen LogP contribution in [0.4, 0.5) is 4.79 Å². The number of piperidine rings is 1. The van der Waals surface area contributed by atoms with Crippen molar-refractivity contribution in [1.29, 1.82) is 0 Å². The predicted octanol–water partition coefficient (Wildman–Crippen LogP) is 3.02. The highest BCUT2D eigenvalue weighted by molar-refractivity contribution is 5.84. The molecular formula is C23H34N4O2. The van der Waals surface area contributed by atoms with Crippen LogP contribution in [-0.4, -0.2) is 81.2 Å². The molecule has 0 atom stereocenters. The molecule has 1 aliphatic rings. The van der Waals surface area contributed by atoms with Gasteiger partial charge < -0.3 is 24.8 Å². The number of ether oxygens (including phenoxy) is 1. The number of likely N-dealkylation sites (N-methyl/N-ethyl adjacent to an activating group) is 1. The van der Waals surface area contributed by atoms with Crippen molar-refractivity contribution in [3.63, 3.8) is 0 Å². The zero-order valence-corrected chi connectivity index (χ0v) is 18.1. The normalized spacial score (nSPS) is 15.6. The second-order valence-corrected chi connectivity index (χ2v) is 8.24. The summed E-state index contributed by atoms with van der Waals surface area (Å²) in [5.74, 6) is 0.855. The highest BCUT2D eigenvalue weighted by Gasteiger charge is 2.26. The maximum Gasteiger partial charge on any atom is 0.317 e. The van der Waals surface area contributed by atoms with Crippen LogP contribution in [0.25, 0.3) is 10.8 Å². The smallest absolute Gasteiger partial charge is 0.317 e. The third kappa shape index (κ3) is 5.84. The van der Waals surface area contributed by atoms with Gasteiger partial charge in [0.05, 0.1) is 7.11 Å². The lowest BCUT2D eigenvalue weighted by atomic mass is 10.0. The van der Waals surface area contributed by atoms with Crippen LogP contribution in [0.1, 0.15) is 18.4 Å². The number of hydrogen-bond donors (Lipinski definition) is 1. The minimum Gasteiger partial charge on any atom is -0.497 e. The second kappa shape index (κ2) is 9.94. The van der Waals surface area contributed by atoms with Gasteiger partial charge in [-0.3, -0.25) is 0 Å². The maximum absolute atomic E-state index is 13.0. The van der Waals surface area contributed by atoms with Crippen molar-refractivity contribution >= 4 is 16.8 Å². The monoisotopic (exact) mass is 398 g/mol. The Morgan fingerprint density at radius 3 is 2.48 bits per heavy atom. The molecule has 0 radical (unpaired) electrons. The molecule has 0 saturated carbocycles. The van der Waals surface area contributed by atoms with Crippen molar-refractivity contribution in [3.8, 4) is 5.75 Å². The molecule has 2 aromatic carbocycles. The molecule has 0 aliphatic carbocycles. The largest absolute Gasteiger partial charge is 0.497 e. The molecule has 158 valence electrons. The summed E-state index contributed by atoms with van der Waals surface area (Å²) in [5.41, 5.74) is 1.10. The lowest BCUT2D eigenvalue weighted by Gasteiger charge is -2.37. The van der Waals surface area contributed by atoms with E-state index in [-0.39, 0.29) is 6.03 Å². The summed E-state index contributed by atoms with van der Waals surface area (Å²) in [6.07, 6.45) is 2.07. The molecule has 1 heterocycles. The summed E-state index contributed by atoms with van der Waals surface area (Å²) in [4.78, 5) is 19.5. The number of carbonyl (C=O) groups excluding carboxylic acids is 1. The summed E-state index contributed by atoms with van der Waals surface area (Å²) in [5, 5.41) is 5.44. The Labute approximate surface area is 174 Å². The first-order valence-corrected chi connectivity index (χ1v) is 10.4. The third-order valence-electron chi connectivity index (χ3n) is 5.73. The predicted molar refractivity (Wildman–Crippen MR) is 119 cm³/mol. The van der Waals surface area contributed by atoms with Gasteiger partial charge in [0.25, 0.3) is 0 Å². The number of nitrogens with one attached hydrogen (secondary N) is 1. The third-order valence-corrected chi connectivity index (χ3v) is 5.73. The van der Waals surface area contributed by atoms with Crippen LogP contribution in [0.15, 0.2) is 36.4 Å². The van der Waals surface area contributed by atoms with Crippen LogP contribution in [-0.2, 0) is 6.54 Å². The number of rotatable bonds is 7. The van der Waals surface area contributed by atoms with Gasteiger partial charge in [0, 0.05) is 25.7 Å². The highest BCUT2D eigenvalue weighted by atomic mass is 16.5. The molecule has 6 heteroatoms. The zero-order chi connectivity index (χ0) is 20.8. The van der Waals surface area contributed by atoms with Crippen molar-refractivity contribution in [2.75, 3.05) is 54.4 Å². The number of hydrogen-bond acceptors (Lipinski definition) is 4. The minimum absolute atomic E-state index is 0.0382. The Morgan fingerprint density at radius 2 is 1.79 bits per heavy atom. The Kier molecular flexibility index (Phi) is 7.34. The van der Waals surface area contributed by atoms with E-state index in [1.165, 1.54) is 0 Å². The Bertz CT molecular complexity index is 816. The Hall–Kier alpha value is -2.31. The lowest BCUT2D eigenvalue weighted by Crippen LogP contribution is -2.51. The van der Waals surface area contributed by atoms with Crippen molar-refractivity contribution in [2.45, 2.75) is 25.4 Å². The quantitative estimate of drug-likeness (QED) is 0.779. The number of benzene rings is 2. The van der Waals surface area contributed by atoms with Gasteiger partial charge >= 0.3 is 6.03 Å². The van der Waals surface area contributed by atoms with Gasteiger partial charge in [-0.2, -0.15) is 0 Å². The summed E-state index contributed by atoms with van der Waals surface area (Å²) >= 11 is 0. The molecule has 0 spiro atoms. The van der Waals surface area contributed by atoms with E-state index >= 15 is 0 Å². The van der Waals surface area contributed by atoms with Crippen LogP contribution >= 0.6 is 0 Å². The van der Waals surface area contributed by atoms with Gasteiger partial charge in [-0.05, 0) is 81.6 Å². The molecular weight excluding hydrogens is 364 g/mol. The molecule has 1 N–H and O–H groups in total. The van der Waals surface area contributed by atoms with Gasteiger partial charge in [0.2, 0.25) is 0 Å². The van der Waals surface area contributed by atoms with Gasteiger partial charge in [0.1, 0.15) is 5.75 Å². The van der Waals surface area contributed by atoms with Gasteiger partial charge in [-0.15, -0.1) is 0 Å². The van der Waals surface area contributed by atoms with Crippen LogP contribution in [0.5, 0.6) is 5.75 Å². The lowest BCUT2D eigenvalue weighted by molar-refractivity contribution is 0.125. The number of nitrogens with zero attached hydrogens (tertiary/aromatic N) is 3. The molecule has 2 aromatic rings. The highest BCUT2D eigenvalue weighted by Crippen LogP contribution is 2.22. The number of urea groups is 1. The fourth-order valence-corrected chi connectivity index (χ4v) is 3.85. The molecule has 0 bridgehead atoms. The number of amides is 2. The van der Waals surface area contributed by atoms with Crippen LogP contribution in [0, 0.1) is 0 Å². The zero-order valence-electron chi connectivity index (χ0n) is 18.1. The van der Waals surface area contributed by atoms with E-state index in [1.807, 2.05) is 17.0 Å². The minimum atomic E-state index is 0.0382. The Balaban J connectivity index is 1.64. The maximum atomic E-state index is 13.0. The van der Waals surface area contributed by atoms with E-state index in [9.17, 15) is 4.79 Å². The van der Waals surface area contributed by atoms with E-state index in [2.05, 4.69) is 60.5 Å². The molecule has 0 unspecified atom stereocenters. The van der Waals surface area contributed by atoms with E-state index in [1.54, 1.807) is 7.11 Å². The van der Waals surface area contributed by atoms with E-state index in [0.29, 0.717) is 12.6 Å². The van der Waals surface area contributed by atoms with E-state index in [4.69, 9.17) is 4.74 Å². The topological polar surface area (TPSA) is 48.1 Å².